The number of thiocarbonyl (C=S) groups is 1. The van der Waals surface area contributed by atoms with E-state index in [1.165, 1.54) is 6.42 Å². The largest absolute Gasteiger partial charge is 0.363 e. The molecule has 0 saturated carbocycles. The first-order valence-corrected chi connectivity index (χ1v) is 5.62. The molecule has 5 heteroatoms. The summed E-state index contributed by atoms with van der Waals surface area (Å²) in [7, 11) is 1.97. The van der Waals surface area contributed by atoms with Crippen molar-refractivity contribution in [3.05, 3.63) is 18.2 Å². The SMILES string of the molecule is CCCCNC(=S)NCc1nccn1C. The Bertz CT molecular complexity index is 308. The van der Waals surface area contributed by atoms with Crippen LogP contribution in [-0.4, -0.2) is 21.2 Å². The molecule has 84 valence electrons. The molecule has 0 aliphatic rings. The lowest BCUT2D eigenvalue weighted by molar-refractivity contribution is 0.714. The molecule has 0 fully saturated rings. The van der Waals surface area contributed by atoms with E-state index in [2.05, 4.69) is 22.5 Å². The number of hydrogen-bond donors (Lipinski definition) is 2. The molecule has 0 radical (unpaired) electrons. The quantitative estimate of drug-likeness (QED) is 0.584. The fourth-order valence-corrected chi connectivity index (χ4v) is 1.34. The van der Waals surface area contributed by atoms with Gasteiger partial charge in [0.05, 0.1) is 6.54 Å². The summed E-state index contributed by atoms with van der Waals surface area (Å²) in [6.07, 6.45) is 6.02. The smallest absolute Gasteiger partial charge is 0.166 e. The lowest BCUT2D eigenvalue weighted by atomic mass is 10.3. The predicted molar refractivity (Wildman–Crippen MR) is 65.6 cm³/mol. The third-order valence-corrected chi connectivity index (χ3v) is 2.43. The first kappa shape index (κ1) is 12.0. The second-order valence-electron chi connectivity index (χ2n) is 3.42. The van der Waals surface area contributed by atoms with Crippen molar-refractivity contribution in [1.29, 1.82) is 0 Å². The van der Waals surface area contributed by atoms with Gasteiger partial charge in [0.15, 0.2) is 5.11 Å². The monoisotopic (exact) mass is 226 g/mol. The van der Waals surface area contributed by atoms with Crippen LogP contribution in [0.1, 0.15) is 25.6 Å². The first-order chi connectivity index (χ1) is 7.24. The van der Waals surface area contributed by atoms with Gasteiger partial charge in [-0.05, 0) is 18.6 Å². The Hall–Kier alpha value is -1.10. The molecule has 1 heterocycles. The van der Waals surface area contributed by atoms with Crippen molar-refractivity contribution in [2.24, 2.45) is 7.05 Å². The van der Waals surface area contributed by atoms with Crippen molar-refractivity contribution in [2.45, 2.75) is 26.3 Å². The molecule has 0 unspecified atom stereocenters. The highest BCUT2D eigenvalue weighted by Gasteiger charge is 1.99. The van der Waals surface area contributed by atoms with Crippen LogP contribution < -0.4 is 10.6 Å². The molecule has 0 amide bonds. The summed E-state index contributed by atoms with van der Waals surface area (Å²) in [4.78, 5) is 4.20. The van der Waals surface area contributed by atoms with Crippen LogP contribution in [0.4, 0.5) is 0 Å². The molecule has 2 N–H and O–H groups in total. The fourth-order valence-electron chi connectivity index (χ4n) is 1.17. The summed E-state index contributed by atoms with van der Waals surface area (Å²) in [6.45, 7) is 3.76. The van der Waals surface area contributed by atoms with Gasteiger partial charge in [0.25, 0.3) is 0 Å². The number of aromatic nitrogens is 2. The van der Waals surface area contributed by atoms with E-state index in [0.717, 1.165) is 18.8 Å². The molecule has 1 rings (SSSR count). The lowest BCUT2D eigenvalue weighted by Crippen LogP contribution is -2.35. The topological polar surface area (TPSA) is 41.9 Å². The van der Waals surface area contributed by atoms with E-state index >= 15 is 0 Å². The lowest BCUT2D eigenvalue weighted by Gasteiger charge is -2.09. The summed E-state index contributed by atoms with van der Waals surface area (Å²) in [6, 6.07) is 0. The van der Waals surface area contributed by atoms with Crippen LogP contribution >= 0.6 is 12.2 Å². The van der Waals surface area contributed by atoms with Gasteiger partial charge in [0.2, 0.25) is 0 Å². The van der Waals surface area contributed by atoms with Crippen molar-refractivity contribution in [3.63, 3.8) is 0 Å². The van der Waals surface area contributed by atoms with E-state index in [4.69, 9.17) is 12.2 Å². The van der Waals surface area contributed by atoms with Crippen LogP contribution in [0.3, 0.4) is 0 Å². The van der Waals surface area contributed by atoms with E-state index in [9.17, 15) is 0 Å². The van der Waals surface area contributed by atoms with Gasteiger partial charge in [0, 0.05) is 26.0 Å². The van der Waals surface area contributed by atoms with Crippen molar-refractivity contribution in [2.75, 3.05) is 6.54 Å². The summed E-state index contributed by atoms with van der Waals surface area (Å²) >= 11 is 5.12. The molecule has 0 saturated heterocycles. The second-order valence-corrected chi connectivity index (χ2v) is 3.83. The number of rotatable bonds is 5. The van der Waals surface area contributed by atoms with Crippen molar-refractivity contribution >= 4 is 17.3 Å². The van der Waals surface area contributed by atoms with Gasteiger partial charge in [0.1, 0.15) is 5.82 Å². The van der Waals surface area contributed by atoms with Crippen LogP contribution in [0.2, 0.25) is 0 Å². The Kier molecular flexibility index (Phi) is 5.10. The van der Waals surface area contributed by atoms with Crippen LogP contribution in [0, 0.1) is 0 Å². The summed E-state index contributed by atoms with van der Waals surface area (Å²) in [5.41, 5.74) is 0. The average molecular weight is 226 g/mol. The van der Waals surface area contributed by atoms with Gasteiger partial charge < -0.3 is 15.2 Å². The molecular formula is C10H18N4S. The molecule has 0 aromatic carbocycles. The van der Waals surface area contributed by atoms with E-state index in [1.54, 1.807) is 6.20 Å². The normalized spacial score (nSPS) is 10.0. The maximum Gasteiger partial charge on any atom is 0.166 e. The van der Waals surface area contributed by atoms with Gasteiger partial charge >= 0.3 is 0 Å². The molecule has 1 aromatic rings. The highest BCUT2D eigenvalue weighted by Crippen LogP contribution is 1.92. The zero-order valence-electron chi connectivity index (χ0n) is 9.29. The van der Waals surface area contributed by atoms with Gasteiger partial charge in [-0.1, -0.05) is 13.3 Å². The minimum absolute atomic E-state index is 0.668. The molecule has 1 aromatic heterocycles. The maximum absolute atomic E-state index is 5.12. The Morgan fingerprint density at radius 3 is 2.93 bits per heavy atom. The van der Waals surface area contributed by atoms with Crippen LogP contribution in [0.25, 0.3) is 0 Å². The molecule has 15 heavy (non-hydrogen) atoms. The molecule has 0 aliphatic heterocycles. The summed E-state index contributed by atoms with van der Waals surface area (Å²) < 4.78 is 1.97. The summed E-state index contributed by atoms with van der Waals surface area (Å²) in [5.74, 6) is 0.981. The van der Waals surface area contributed by atoms with E-state index in [1.807, 2.05) is 17.8 Å². The van der Waals surface area contributed by atoms with E-state index in [0.29, 0.717) is 11.7 Å². The maximum atomic E-state index is 5.12. The Labute approximate surface area is 96.1 Å². The minimum atomic E-state index is 0.668. The van der Waals surface area contributed by atoms with Crippen LogP contribution in [-0.2, 0) is 13.6 Å². The Balaban J connectivity index is 2.20. The molecular weight excluding hydrogens is 208 g/mol. The van der Waals surface area contributed by atoms with E-state index in [-0.39, 0.29) is 0 Å². The molecule has 0 atom stereocenters. The number of hydrogen-bond acceptors (Lipinski definition) is 2. The van der Waals surface area contributed by atoms with Crippen molar-refractivity contribution in [1.82, 2.24) is 20.2 Å². The van der Waals surface area contributed by atoms with Crippen LogP contribution in [0.15, 0.2) is 12.4 Å². The third-order valence-electron chi connectivity index (χ3n) is 2.14. The van der Waals surface area contributed by atoms with Gasteiger partial charge in [-0.15, -0.1) is 0 Å². The first-order valence-electron chi connectivity index (χ1n) is 5.22. The van der Waals surface area contributed by atoms with Gasteiger partial charge in [-0.25, -0.2) is 4.98 Å². The molecule has 0 spiro atoms. The standard InChI is InChI=1S/C10H18N4S/c1-3-4-5-12-10(15)13-8-9-11-6-7-14(9)2/h6-7H,3-5,8H2,1-2H3,(H2,12,13,15). The van der Waals surface area contributed by atoms with E-state index < -0.39 is 0 Å². The highest BCUT2D eigenvalue weighted by atomic mass is 32.1. The van der Waals surface area contributed by atoms with Crippen LogP contribution in [0.5, 0.6) is 0 Å². The highest BCUT2D eigenvalue weighted by molar-refractivity contribution is 7.80. The predicted octanol–water partition coefficient (Wildman–Crippen LogP) is 1.18. The number of nitrogens with one attached hydrogen (secondary N) is 2. The number of aryl methyl sites for hydroxylation is 1. The Morgan fingerprint density at radius 1 is 1.53 bits per heavy atom. The zero-order chi connectivity index (χ0) is 11.1. The zero-order valence-corrected chi connectivity index (χ0v) is 10.1. The minimum Gasteiger partial charge on any atom is -0.363 e. The van der Waals surface area contributed by atoms with Crippen molar-refractivity contribution in [3.8, 4) is 0 Å². The Morgan fingerprint density at radius 2 is 2.33 bits per heavy atom. The third kappa shape index (κ3) is 4.29. The average Bonchev–Trinajstić information content (AvgIpc) is 2.61. The van der Waals surface area contributed by atoms with Crippen molar-refractivity contribution < 1.29 is 0 Å². The number of unbranched alkanes of at least 4 members (excludes halogenated alkanes) is 1. The second kappa shape index (κ2) is 6.40. The summed E-state index contributed by atoms with van der Waals surface area (Å²) in [5, 5.41) is 6.97. The number of imidazole rings is 1. The molecule has 4 nitrogen and oxygen atoms in total. The number of nitrogens with zero attached hydrogens (tertiary/aromatic N) is 2. The molecule has 0 bridgehead atoms. The van der Waals surface area contributed by atoms with Gasteiger partial charge in [-0.3, -0.25) is 0 Å². The van der Waals surface area contributed by atoms with Gasteiger partial charge in [-0.2, -0.15) is 0 Å². The fraction of sp³-hybridized carbons (Fsp3) is 0.600. The molecule has 0 aliphatic carbocycles.